The van der Waals surface area contributed by atoms with E-state index in [0.29, 0.717) is 18.1 Å². The Bertz CT molecular complexity index is 481. The van der Waals surface area contributed by atoms with Gasteiger partial charge < -0.3 is 10.0 Å². The van der Waals surface area contributed by atoms with Crippen molar-refractivity contribution in [2.45, 2.75) is 20.3 Å². The average Bonchev–Trinajstić information content (AvgIpc) is 2.84. The maximum absolute atomic E-state index is 12.0. The highest BCUT2D eigenvalue weighted by molar-refractivity contribution is 7.14. The number of carboxylic acid groups (broad SMARTS) is 1. The molecule has 2 amide bonds. The fourth-order valence-electron chi connectivity index (χ4n) is 2.04. The molecule has 1 aromatic rings. The highest BCUT2D eigenvalue weighted by Gasteiger charge is 2.32. The van der Waals surface area contributed by atoms with Gasteiger partial charge in [-0.2, -0.15) is 0 Å². The fourth-order valence-corrected chi connectivity index (χ4v) is 2.81. The molecule has 2 N–H and O–H groups in total. The van der Waals surface area contributed by atoms with Crippen LogP contribution in [0.4, 0.5) is 9.80 Å². The van der Waals surface area contributed by atoms with Gasteiger partial charge in [-0.25, -0.2) is 9.59 Å². The predicted octanol–water partition coefficient (Wildman–Crippen LogP) is 2.71. The van der Waals surface area contributed by atoms with Crippen molar-refractivity contribution in [3.05, 3.63) is 17.0 Å². The number of carbonyl (C=O) groups excluding carboxylic acids is 1. The molecule has 98 valence electrons. The van der Waals surface area contributed by atoms with Crippen LogP contribution in [0.15, 0.2) is 11.4 Å². The molecule has 1 aliphatic heterocycles. The summed E-state index contributed by atoms with van der Waals surface area (Å²) < 4.78 is 0. The minimum atomic E-state index is -1.02. The third-order valence-corrected chi connectivity index (χ3v) is 3.91. The van der Waals surface area contributed by atoms with Gasteiger partial charge in [0.2, 0.25) is 0 Å². The van der Waals surface area contributed by atoms with Gasteiger partial charge >= 0.3 is 12.0 Å². The molecule has 0 radical (unpaired) electrons. The van der Waals surface area contributed by atoms with Crippen molar-refractivity contribution in [3.8, 4) is 0 Å². The lowest BCUT2D eigenvalue weighted by Crippen LogP contribution is -2.34. The summed E-state index contributed by atoms with van der Waals surface area (Å²) in [6.07, 6.45) is 0.969. The standard InChI is InChI=1S/C12H16N2O3S/c1-12(2)4-5-14(7-12)11(17)13-9-8(10(15)16)3-6-18-9/h3,6H,4-5,7H2,1-2H3,(H,13,17)(H,15,16). The number of aromatic carboxylic acids is 1. The lowest BCUT2D eigenvalue weighted by Gasteiger charge is -2.20. The topological polar surface area (TPSA) is 69.6 Å². The molecule has 0 spiro atoms. The van der Waals surface area contributed by atoms with E-state index in [1.807, 2.05) is 0 Å². The minimum absolute atomic E-state index is 0.141. The number of carboxylic acids is 1. The number of hydrogen-bond donors (Lipinski definition) is 2. The summed E-state index contributed by atoms with van der Waals surface area (Å²) in [6, 6.07) is 1.28. The summed E-state index contributed by atoms with van der Waals surface area (Å²) in [5.74, 6) is -1.02. The molecule has 1 aliphatic rings. The summed E-state index contributed by atoms with van der Waals surface area (Å²) in [4.78, 5) is 24.7. The average molecular weight is 268 g/mol. The molecule has 2 heterocycles. The normalized spacial score (nSPS) is 17.8. The number of nitrogens with one attached hydrogen (secondary N) is 1. The predicted molar refractivity (Wildman–Crippen MR) is 70.3 cm³/mol. The molecule has 0 unspecified atom stereocenters. The lowest BCUT2D eigenvalue weighted by atomic mass is 9.93. The van der Waals surface area contributed by atoms with Crippen molar-refractivity contribution < 1.29 is 14.7 Å². The number of carbonyl (C=O) groups is 2. The van der Waals surface area contributed by atoms with E-state index in [1.165, 1.54) is 17.4 Å². The first-order valence-corrected chi connectivity index (χ1v) is 6.64. The van der Waals surface area contributed by atoms with Crippen LogP contribution < -0.4 is 5.32 Å². The molecule has 1 fully saturated rings. The summed E-state index contributed by atoms with van der Waals surface area (Å²) in [5.41, 5.74) is 0.286. The largest absolute Gasteiger partial charge is 0.478 e. The third-order valence-electron chi connectivity index (χ3n) is 3.08. The maximum atomic E-state index is 12.0. The molecule has 0 saturated carbocycles. The smallest absolute Gasteiger partial charge is 0.338 e. The Morgan fingerprint density at radius 3 is 2.78 bits per heavy atom. The molecule has 0 aliphatic carbocycles. The van der Waals surface area contributed by atoms with Gasteiger partial charge in [-0.15, -0.1) is 11.3 Å². The molecule has 2 rings (SSSR count). The van der Waals surface area contributed by atoms with E-state index >= 15 is 0 Å². The molecule has 5 nitrogen and oxygen atoms in total. The molecule has 0 bridgehead atoms. The van der Waals surface area contributed by atoms with Crippen LogP contribution in [-0.4, -0.2) is 35.1 Å². The van der Waals surface area contributed by atoms with Crippen molar-refractivity contribution in [3.63, 3.8) is 0 Å². The first-order chi connectivity index (χ1) is 8.39. The van der Waals surface area contributed by atoms with E-state index in [2.05, 4.69) is 19.2 Å². The number of rotatable bonds is 2. The Morgan fingerprint density at radius 1 is 1.50 bits per heavy atom. The number of likely N-dealkylation sites (tertiary alicyclic amines) is 1. The second-order valence-electron chi connectivity index (χ2n) is 5.23. The van der Waals surface area contributed by atoms with Crippen LogP contribution in [0.2, 0.25) is 0 Å². The van der Waals surface area contributed by atoms with Crippen LogP contribution in [0.3, 0.4) is 0 Å². The van der Waals surface area contributed by atoms with Crippen molar-refractivity contribution in [2.24, 2.45) is 5.41 Å². The number of thiophene rings is 1. The van der Waals surface area contributed by atoms with Crippen molar-refractivity contribution >= 4 is 28.3 Å². The second kappa shape index (κ2) is 4.61. The molecule has 18 heavy (non-hydrogen) atoms. The minimum Gasteiger partial charge on any atom is -0.478 e. The van der Waals surface area contributed by atoms with Crippen molar-refractivity contribution in [1.29, 1.82) is 0 Å². The second-order valence-corrected chi connectivity index (χ2v) is 6.15. The number of hydrogen-bond acceptors (Lipinski definition) is 3. The van der Waals surface area contributed by atoms with Crippen molar-refractivity contribution in [2.75, 3.05) is 18.4 Å². The molecule has 0 atom stereocenters. The maximum Gasteiger partial charge on any atom is 0.338 e. The van der Waals surface area contributed by atoms with Gasteiger partial charge in [-0.3, -0.25) is 5.32 Å². The molecule has 6 heteroatoms. The molecule has 1 saturated heterocycles. The Kier molecular flexibility index (Phi) is 3.30. The summed E-state index contributed by atoms with van der Waals surface area (Å²) in [6.45, 7) is 5.65. The summed E-state index contributed by atoms with van der Waals surface area (Å²) >= 11 is 1.23. The molecular weight excluding hydrogens is 252 g/mol. The van der Waals surface area contributed by atoms with E-state index in [-0.39, 0.29) is 17.0 Å². The van der Waals surface area contributed by atoms with Crippen LogP contribution in [0.25, 0.3) is 0 Å². The SMILES string of the molecule is CC1(C)CCN(C(=O)Nc2sccc2C(=O)O)C1. The van der Waals surface area contributed by atoms with E-state index in [1.54, 1.807) is 10.3 Å². The van der Waals surface area contributed by atoms with Gasteiger partial charge in [-0.05, 0) is 23.3 Å². The van der Waals surface area contributed by atoms with Crippen LogP contribution in [0.5, 0.6) is 0 Å². The number of urea groups is 1. The highest BCUT2D eigenvalue weighted by Crippen LogP contribution is 2.30. The molecule has 0 aromatic carbocycles. The van der Waals surface area contributed by atoms with Gasteiger partial charge in [0.1, 0.15) is 5.00 Å². The van der Waals surface area contributed by atoms with Gasteiger partial charge in [0.15, 0.2) is 0 Å². The Labute approximate surface area is 109 Å². The summed E-state index contributed by atoms with van der Waals surface area (Å²) in [5, 5.41) is 13.7. The van der Waals surface area contributed by atoms with Gasteiger partial charge in [0.05, 0.1) is 5.56 Å². The quantitative estimate of drug-likeness (QED) is 0.866. The van der Waals surface area contributed by atoms with E-state index in [4.69, 9.17) is 5.11 Å². The first kappa shape index (κ1) is 12.9. The van der Waals surface area contributed by atoms with Gasteiger partial charge in [0.25, 0.3) is 0 Å². The Morgan fingerprint density at radius 2 is 2.22 bits per heavy atom. The Hall–Kier alpha value is -1.56. The third kappa shape index (κ3) is 2.64. The first-order valence-electron chi connectivity index (χ1n) is 5.76. The molecular formula is C12H16N2O3S. The van der Waals surface area contributed by atoms with Crippen LogP contribution in [0, 0.1) is 5.41 Å². The molecule has 1 aromatic heterocycles. The lowest BCUT2D eigenvalue weighted by molar-refractivity contribution is 0.0698. The van der Waals surface area contributed by atoms with E-state index in [9.17, 15) is 9.59 Å². The zero-order valence-electron chi connectivity index (χ0n) is 10.4. The zero-order chi connectivity index (χ0) is 13.3. The number of nitrogens with zero attached hydrogens (tertiary/aromatic N) is 1. The summed E-state index contributed by atoms with van der Waals surface area (Å²) in [7, 11) is 0. The van der Waals surface area contributed by atoms with E-state index < -0.39 is 5.97 Å². The number of anilines is 1. The van der Waals surface area contributed by atoms with Gasteiger partial charge in [0, 0.05) is 13.1 Å². The number of amides is 2. The van der Waals surface area contributed by atoms with Crippen molar-refractivity contribution in [1.82, 2.24) is 4.90 Å². The van der Waals surface area contributed by atoms with Crippen LogP contribution >= 0.6 is 11.3 Å². The fraction of sp³-hybridized carbons (Fsp3) is 0.500. The Balaban J connectivity index is 2.04. The monoisotopic (exact) mass is 268 g/mol. The van der Waals surface area contributed by atoms with Crippen LogP contribution in [-0.2, 0) is 0 Å². The van der Waals surface area contributed by atoms with E-state index in [0.717, 1.165) is 6.42 Å². The highest BCUT2D eigenvalue weighted by atomic mass is 32.1. The van der Waals surface area contributed by atoms with Crippen LogP contribution in [0.1, 0.15) is 30.6 Å². The zero-order valence-corrected chi connectivity index (χ0v) is 11.2. The van der Waals surface area contributed by atoms with Gasteiger partial charge in [-0.1, -0.05) is 13.8 Å².